The van der Waals surface area contributed by atoms with E-state index in [1.54, 1.807) is 6.26 Å². The van der Waals surface area contributed by atoms with Crippen LogP contribution in [0.15, 0.2) is 34.9 Å². The normalized spacial score (nSPS) is 19.6. The summed E-state index contributed by atoms with van der Waals surface area (Å²) in [5, 5.41) is 4.11. The van der Waals surface area contributed by atoms with Crippen LogP contribution in [0.2, 0.25) is 0 Å². The molecular formula is C14H16N2O2. The third kappa shape index (κ3) is 1.78. The van der Waals surface area contributed by atoms with Crippen molar-refractivity contribution < 1.29 is 9.21 Å². The summed E-state index contributed by atoms with van der Waals surface area (Å²) in [7, 11) is 1.94. The number of carbonyl (C=O) groups is 1. The minimum atomic E-state index is 0.0673. The lowest BCUT2D eigenvalue weighted by atomic mass is 10.1. The number of amides is 1. The van der Waals surface area contributed by atoms with Crippen molar-refractivity contribution in [2.24, 2.45) is 0 Å². The van der Waals surface area contributed by atoms with Crippen LogP contribution >= 0.6 is 0 Å². The standard InChI is InChI=1S/C14H16N2O2/c1-15-10-6-7-16(8-10)14(17)12-9-18-13-5-3-2-4-11(12)13/h2-5,9-10,15H,6-8H2,1H3. The van der Waals surface area contributed by atoms with Crippen LogP contribution in [0.3, 0.4) is 0 Å². The Bertz CT molecular complexity index is 576. The smallest absolute Gasteiger partial charge is 0.257 e. The topological polar surface area (TPSA) is 45.5 Å². The number of fused-ring (bicyclic) bond motifs is 1. The van der Waals surface area contributed by atoms with E-state index < -0.39 is 0 Å². The molecule has 0 radical (unpaired) electrons. The van der Waals surface area contributed by atoms with Gasteiger partial charge in [-0.25, -0.2) is 0 Å². The van der Waals surface area contributed by atoms with Gasteiger partial charge in [-0.2, -0.15) is 0 Å². The molecule has 2 heterocycles. The number of likely N-dealkylation sites (N-methyl/N-ethyl adjacent to an activating group) is 1. The van der Waals surface area contributed by atoms with Crippen molar-refractivity contribution >= 4 is 16.9 Å². The first-order valence-corrected chi connectivity index (χ1v) is 6.22. The van der Waals surface area contributed by atoms with Crippen LogP contribution in [0.25, 0.3) is 11.0 Å². The molecule has 1 atom stereocenters. The van der Waals surface area contributed by atoms with Crippen molar-refractivity contribution in [3.8, 4) is 0 Å². The highest BCUT2D eigenvalue weighted by atomic mass is 16.3. The minimum absolute atomic E-state index is 0.0673. The van der Waals surface area contributed by atoms with E-state index in [2.05, 4.69) is 5.32 Å². The number of benzene rings is 1. The van der Waals surface area contributed by atoms with Gasteiger partial charge in [-0.05, 0) is 19.5 Å². The molecule has 4 heteroatoms. The molecule has 1 fully saturated rings. The molecule has 0 bridgehead atoms. The number of nitrogens with zero attached hydrogens (tertiary/aromatic N) is 1. The fourth-order valence-electron chi connectivity index (χ4n) is 2.49. The Hall–Kier alpha value is -1.81. The van der Waals surface area contributed by atoms with Gasteiger partial charge < -0.3 is 14.6 Å². The molecule has 3 rings (SSSR count). The van der Waals surface area contributed by atoms with Crippen molar-refractivity contribution in [2.45, 2.75) is 12.5 Å². The summed E-state index contributed by atoms with van der Waals surface area (Å²) in [6.45, 7) is 1.58. The number of carbonyl (C=O) groups excluding carboxylic acids is 1. The summed E-state index contributed by atoms with van der Waals surface area (Å²) in [5.74, 6) is 0.0673. The van der Waals surface area contributed by atoms with Crippen LogP contribution in [-0.2, 0) is 0 Å². The molecule has 0 saturated carbocycles. The van der Waals surface area contributed by atoms with Crippen LogP contribution in [0.4, 0.5) is 0 Å². The maximum absolute atomic E-state index is 12.4. The third-order valence-electron chi connectivity index (χ3n) is 3.60. The monoisotopic (exact) mass is 244 g/mol. The van der Waals surface area contributed by atoms with Gasteiger partial charge in [0.15, 0.2) is 0 Å². The largest absolute Gasteiger partial charge is 0.463 e. The van der Waals surface area contributed by atoms with Crippen LogP contribution in [-0.4, -0.2) is 37.0 Å². The lowest BCUT2D eigenvalue weighted by Gasteiger charge is -2.15. The molecule has 1 aliphatic rings. The maximum Gasteiger partial charge on any atom is 0.257 e. The number of rotatable bonds is 2. The molecule has 1 amide bonds. The fraction of sp³-hybridized carbons (Fsp3) is 0.357. The van der Waals surface area contributed by atoms with Crippen LogP contribution < -0.4 is 5.32 Å². The van der Waals surface area contributed by atoms with Gasteiger partial charge in [0.2, 0.25) is 0 Å². The number of furan rings is 1. The highest BCUT2D eigenvalue weighted by Gasteiger charge is 2.27. The van der Waals surface area contributed by atoms with Gasteiger partial charge >= 0.3 is 0 Å². The predicted molar refractivity (Wildman–Crippen MR) is 69.6 cm³/mol. The molecule has 0 spiro atoms. The number of likely N-dealkylation sites (tertiary alicyclic amines) is 1. The Morgan fingerprint density at radius 3 is 3.06 bits per heavy atom. The molecule has 1 unspecified atom stereocenters. The van der Waals surface area contributed by atoms with E-state index in [-0.39, 0.29) is 5.91 Å². The molecular weight excluding hydrogens is 228 g/mol. The van der Waals surface area contributed by atoms with Gasteiger partial charge in [-0.15, -0.1) is 0 Å². The second-order valence-electron chi connectivity index (χ2n) is 4.67. The van der Waals surface area contributed by atoms with Gasteiger partial charge in [-0.1, -0.05) is 18.2 Å². The Morgan fingerprint density at radius 2 is 2.28 bits per heavy atom. The van der Waals surface area contributed by atoms with E-state index in [0.29, 0.717) is 11.6 Å². The van der Waals surface area contributed by atoms with Crippen molar-refractivity contribution in [2.75, 3.05) is 20.1 Å². The Labute approximate surface area is 106 Å². The first-order valence-electron chi connectivity index (χ1n) is 6.22. The molecule has 94 valence electrons. The average Bonchev–Trinajstić information content (AvgIpc) is 3.04. The summed E-state index contributed by atoms with van der Waals surface area (Å²) in [4.78, 5) is 14.3. The molecule has 18 heavy (non-hydrogen) atoms. The van der Waals surface area contributed by atoms with E-state index in [1.807, 2.05) is 36.2 Å². The quantitative estimate of drug-likeness (QED) is 0.877. The van der Waals surface area contributed by atoms with Gasteiger partial charge in [0.05, 0.1) is 5.56 Å². The zero-order valence-electron chi connectivity index (χ0n) is 10.3. The predicted octanol–water partition coefficient (Wildman–Crippen LogP) is 1.87. The number of hydrogen-bond acceptors (Lipinski definition) is 3. The number of hydrogen-bond donors (Lipinski definition) is 1. The zero-order valence-corrected chi connectivity index (χ0v) is 10.3. The van der Waals surface area contributed by atoms with E-state index in [4.69, 9.17) is 4.42 Å². The third-order valence-corrected chi connectivity index (χ3v) is 3.60. The van der Waals surface area contributed by atoms with E-state index in [1.165, 1.54) is 0 Å². The van der Waals surface area contributed by atoms with Crippen LogP contribution in [0, 0.1) is 0 Å². The van der Waals surface area contributed by atoms with E-state index in [0.717, 1.165) is 30.5 Å². The van der Waals surface area contributed by atoms with Crippen LogP contribution in [0.1, 0.15) is 16.8 Å². The SMILES string of the molecule is CNC1CCN(C(=O)c2coc3ccccc23)C1. The summed E-state index contributed by atoms with van der Waals surface area (Å²) in [6.07, 6.45) is 2.58. The molecule has 1 aromatic heterocycles. The number of para-hydroxylation sites is 1. The lowest BCUT2D eigenvalue weighted by molar-refractivity contribution is 0.0790. The van der Waals surface area contributed by atoms with Gasteiger partial charge in [0, 0.05) is 24.5 Å². The number of nitrogens with one attached hydrogen (secondary N) is 1. The summed E-state index contributed by atoms with van der Waals surface area (Å²) >= 11 is 0. The highest BCUT2D eigenvalue weighted by molar-refractivity contribution is 6.05. The Morgan fingerprint density at radius 1 is 1.44 bits per heavy atom. The molecule has 1 N–H and O–H groups in total. The summed E-state index contributed by atoms with van der Waals surface area (Å²) in [5.41, 5.74) is 1.44. The van der Waals surface area contributed by atoms with Crippen molar-refractivity contribution in [3.63, 3.8) is 0 Å². The molecule has 1 aliphatic heterocycles. The highest BCUT2D eigenvalue weighted by Crippen LogP contribution is 2.23. The summed E-state index contributed by atoms with van der Waals surface area (Å²) < 4.78 is 5.42. The van der Waals surface area contributed by atoms with E-state index >= 15 is 0 Å². The molecule has 4 nitrogen and oxygen atoms in total. The second-order valence-corrected chi connectivity index (χ2v) is 4.67. The Kier molecular flexibility index (Phi) is 2.80. The summed E-state index contributed by atoms with van der Waals surface area (Å²) in [6, 6.07) is 8.05. The van der Waals surface area contributed by atoms with Gasteiger partial charge in [0.25, 0.3) is 5.91 Å². The van der Waals surface area contributed by atoms with Gasteiger partial charge in [0.1, 0.15) is 11.8 Å². The van der Waals surface area contributed by atoms with Crippen molar-refractivity contribution in [1.29, 1.82) is 0 Å². The van der Waals surface area contributed by atoms with Gasteiger partial charge in [-0.3, -0.25) is 4.79 Å². The second kappa shape index (κ2) is 4.46. The first-order chi connectivity index (χ1) is 8.79. The van der Waals surface area contributed by atoms with E-state index in [9.17, 15) is 4.79 Å². The first kappa shape index (κ1) is 11.3. The lowest BCUT2D eigenvalue weighted by Crippen LogP contribution is -2.33. The Balaban J connectivity index is 1.89. The average molecular weight is 244 g/mol. The van der Waals surface area contributed by atoms with Crippen molar-refractivity contribution in [3.05, 3.63) is 36.1 Å². The molecule has 0 aliphatic carbocycles. The minimum Gasteiger partial charge on any atom is -0.463 e. The molecule has 2 aromatic rings. The maximum atomic E-state index is 12.4. The molecule has 1 aromatic carbocycles. The fourth-order valence-corrected chi connectivity index (χ4v) is 2.49. The van der Waals surface area contributed by atoms with Crippen LogP contribution in [0.5, 0.6) is 0 Å². The zero-order chi connectivity index (χ0) is 12.5. The van der Waals surface area contributed by atoms with Crippen molar-refractivity contribution in [1.82, 2.24) is 10.2 Å². The molecule has 1 saturated heterocycles.